The highest BCUT2D eigenvalue weighted by atomic mass is 16.4. The van der Waals surface area contributed by atoms with Crippen molar-refractivity contribution in [2.24, 2.45) is 39.8 Å². The summed E-state index contributed by atoms with van der Waals surface area (Å²) in [5.74, 6) is -4.67. The third-order valence-electron chi connectivity index (χ3n) is 5.14. The monoisotopic (exact) mass is 500 g/mol. The molecule has 0 aliphatic heterocycles. The van der Waals surface area contributed by atoms with Gasteiger partial charge in [-0.15, -0.1) is 0 Å². The standard InChI is InChI=1S/C21H40N8O6/c1-10(2)15(23)18(32)29-16(11(3)4)19(33)27-12(6-5-9-26-21(24)25)17(31)28-13(20(34)35)7-8-14(22)30/h10-13,15-16H,5-9,23H2,1-4H3,(H2,22,30)(H,27,33)(H,28,31)(H,29,32)(H,34,35)(H4,24,25,26). The molecular weight excluding hydrogens is 460 g/mol. The summed E-state index contributed by atoms with van der Waals surface area (Å²) in [6, 6.07) is -4.38. The van der Waals surface area contributed by atoms with Crippen molar-refractivity contribution >= 4 is 35.6 Å². The minimum atomic E-state index is -1.39. The van der Waals surface area contributed by atoms with Crippen molar-refractivity contribution in [3.05, 3.63) is 0 Å². The minimum absolute atomic E-state index is 0.0702. The van der Waals surface area contributed by atoms with E-state index in [4.69, 9.17) is 22.9 Å². The van der Waals surface area contributed by atoms with E-state index in [1.807, 2.05) is 0 Å². The molecule has 0 aromatic carbocycles. The second-order valence-corrected chi connectivity index (χ2v) is 8.91. The van der Waals surface area contributed by atoms with E-state index in [9.17, 15) is 29.1 Å². The topological polar surface area (TPSA) is 258 Å². The lowest BCUT2D eigenvalue weighted by molar-refractivity contribution is -0.142. The van der Waals surface area contributed by atoms with Gasteiger partial charge < -0.3 is 44.0 Å². The number of carboxylic acids is 1. The number of nitrogens with one attached hydrogen (secondary N) is 3. The van der Waals surface area contributed by atoms with Crippen LogP contribution in [0.25, 0.3) is 0 Å². The highest BCUT2D eigenvalue weighted by Gasteiger charge is 2.32. The van der Waals surface area contributed by atoms with Crippen molar-refractivity contribution < 1.29 is 29.1 Å². The van der Waals surface area contributed by atoms with Gasteiger partial charge in [-0.1, -0.05) is 27.7 Å². The van der Waals surface area contributed by atoms with E-state index in [0.29, 0.717) is 0 Å². The third-order valence-corrected chi connectivity index (χ3v) is 5.14. The number of nitrogens with two attached hydrogens (primary N) is 4. The number of guanidine groups is 1. The van der Waals surface area contributed by atoms with Gasteiger partial charge in [-0.05, 0) is 31.1 Å². The van der Waals surface area contributed by atoms with Crippen LogP contribution in [0.3, 0.4) is 0 Å². The van der Waals surface area contributed by atoms with E-state index in [1.54, 1.807) is 27.7 Å². The second kappa shape index (κ2) is 15.5. The average Bonchev–Trinajstić information content (AvgIpc) is 2.74. The highest BCUT2D eigenvalue weighted by Crippen LogP contribution is 2.08. The number of nitrogens with zero attached hydrogens (tertiary/aromatic N) is 1. The van der Waals surface area contributed by atoms with Gasteiger partial charge >= 0.3 is 5.97 Å². The number of primary amides is 1. The zero-order valence-corrected chi connectivity index (χ0v) is 20.7. The Morgan fingerprint density at radius 2 is 1.37 bits per heavy atom. The van der Waals surface area contributed by atoms with Gasteiger partial charge in [-0.3, -0.25) is 24.2 Å². The van der Waals surface area contributed by atoms with Crippen LogP contribution in [0, 0.1) is 11.8 Å². The quantitative estimate of drug-likeness (QED) is 0.0631. The summed E-state index contributed by atoms with van der Waals surface area (Å²) >= 11 is 0. The fraction of sp³-hybridized carbons (Fsp3) is 0.714. The average molecular weight is 501 g/mol. The molecule has 0 bridgehead atoms. The number of amides is 4. The maximum absolute atomic E-state index is 13.0. The molecule has 0 saturated heterocycles. The van der Waals surface area contributed by atoms with Crippen LogP contribution < -0.4 is 38.9 Å². The second-order valence-electron chi connectivity index (χ2n) is 8.91. The molecule has 35 heavy (non-hydrogen) atoms. The van der Waals surface area contributed by atoms with Crippen LogP contribution in [0.15, 0.2) is 4.99 Å². The fourth-order valence-electron chi connectivity index (χ4n) is 2.94. The van der Waals surface area contributed by atoms with Crippen LogP contribution in [-0.2, 0) is 24.0 Å². The van der Waals surface area contributed by atoms with Crippen LogP contribution >= 0.6 is 0 Å². The Bertz CT molecular complexity index is 782. The molecule has 0 radical (unpaired) electrons. The van der Waals surface area contributed by atoms with Crippen LogP contribution in [0.4, 0.5) is 0 Å². The molecule has 0 aliphatic carbocycles. The molecule has 12 N–H and O–H groups in total. The molecule has 0 aromatic heterocycles. The molecule has 0 aromatic rings. The van der Waals surface area contributed by atoms with Crippen molar-refractivity contribution in [2.75, 3.05) is 6.54 Å². The smallest absolute Gasteiger partial charge is 0.326 e. The van der Waals surface area contributed by atoms with Crippen molar-refractivity contribution in [1.82, 2.24) is 16.0 Å². The molecule has 4 amide bonds. The maximum Gasteiger partial charge on any atom is 0.326 e. The molecule has 0 heterocycles. The van der Waals surface area contributed by atoms with Gasteiger partial charge in [0.1, 0.15) is 18.1 Å². The lowest BCUT2D eigenvalue weighted by atomic mass is 9.99. The molecule has 200 valence electrons. The molecule has 0 rings (SSSR count). The summed E-state index contributed by atoms with van der Waals surface area (Å²) in [6.07, 6.45) is -0.119. The third kappa shape index (κ3) is 12.6. The Hall–Kier alpha value is -3.42. The molecule has 14 nitrogen and oxygen atoms in total. The number of hydrogen-bond acceptors (Lipinski definition) is 7. The number of aliphatic carboxylic acids is 1. The number of carbonyl (C=O) groups excluding carboxylic acids is 4. The summed E-state index contributed by atoms with van der Waals surface area (Å²) in [5, 5.41) is 16.9. The van der Waals surface area contributed by atoms with E-state index in [-0.39, 0.29) is 50.0 Å². The zero-order chi connectivity index (χ0) is 27.3. The first-order valence-corrected chi connectivity index (χ1v) is 11.4. The molecular formula is C21H40N8O6. The van der Waals surface area contributed by atoms with Crippen LogP contribution in [0.2, 0.25) is 0 Å². The summed E-state index contributed by atoms with van der Waals surface area (Å²) in [4.78, 5) is 64.7. The minimum Gasteiger partial charge on any atom is -0.480 e. The molecule has 4 unspecified atom stereocenters. The Kier molecular flexibility index (Phi) is 14.0. The highest BCUT2D eigenvalue weighted by molar-refractivity contribution is 5.94. The molecule has 0 saturated carbocycles. The predicted octanol–water partition coefficient (Wildman–Crippen LogP) is -2.52. The van der Waals surface area contributed by atoms with Crippen LogP contribution in [0.5, 0.6) is 0 Å². The summed E-state index contributed by atoms with van der Waals surface area (Å²) < 4.78 is 0. The number of aliphatic imine (C=N–C) groups is 1. The van der Waals surface area contributed by atoms with Gasteiger partial charge in [0.15, 0.2) is 5.96 Å². The van der Waals surface area contributed by atoms with E-state index in [2.05, 4.69) is 20.9 Å². The normalized spacial score (nSPS) is 14.4. The molecule has 14 heteroatoms. The van der Waals surface area contributed by atoms with Gasteiger partial charge in [-0.25, -0.2) is 4.79 Å². The van der Waals surface area contributed by atoms with Gasteiger partial charge in [0.25, 0.3) is 0 Å². The Morgan fingerprint density at radius 1 is 0.800 bits per heavy atom. The van der Waals surface area contributed by atoms with E-state index >= 15 is 0 Å². The Morgan fingerprint density at radius 3 is 1.83 bits per heavy atom. The number of carboxylic acid groups (broad SMARTS) is 1. The first kappa shape index (κ1) is 31.6. The van der Waals surface area contributed by atoms with E-state index in [0.717, 1.165) is 0 Å². The van der Waals surface area contributed by atoms with Crippen molar-refractivity contribution in [2.45, 2.75) is 77.5 Å². The largest absolute Gasteiger partial charge is 0.480 e. The number of rotatable bonds is 16. The first-order valence-electron chi connectivity index (χ1n) is 11.4. The van der Waals surface area contributed by atoms with E-state index < -0.39 is 53.8 Å². The predicted molar refractivity (Wildman–Crippen MR) is 129 cm³/mol. The zero-order valence-electron chi connectivity index (χ0n) is 20.7. The maximum atomic E-state index is 13.0. The Balaban J connectivity index is 5.59. The molecule has 0 aliphatic rings. The molecule has 0 fully saturated rings. The summed E-state index contributed by atoms with van der Waals surface area (Å²) in [5.41, 5.74) is 21.5. The van der Waals surface area contributed by atoms with Gasteiger partial charge in [0, 0.05) is 13.0 Å². The van der Waals surface area contributed by atoms with Crippen LogP contribution in [0.1, 0.15) is 53.4 Å². The van der Waals surface area contributed by atoms with Gasteiger partial charge in [-0.2, -0.15) is 0 Å². The summed E-state index contributed by atoms with van der Waals surface area (Å²) in [7, 11) is 0. The molecule has 0 spiro atoms. The SMILES string of the molecule is CC(C)C(N)C(=O)NC(C(=O)NC(CCCN=C(N)N)C(=O)NC(CCC(N)=O)C(=O)O)C(C)C. The summed E-state index contributed by atoms with van der Waals surface area (Å²) in [6.45, 7) is 7.12. The number of hydrogen-bond donors (Lipinski definition) is 8. The van der Waals surface area contributed by atoms with Crippen molar-refractivity contribution in [1.29, 1.82) is 0 Å². The number of carbonyl (C=O) groups is 5. The fourth-order valence-corrected chi connectivity index (χ4v) is 2.94. The van der Waals surface area contributed by atoms with E-state index in [1.165, 1.54) is 0 Å². The first-order chi connectivity index (χ1) is 16.2. The van der Waals surface area contributed by atoms with Crippen LogP contribution in [-0.4, -0.2) is 71.4 Å². The van der Waals surface area contributed by atoms with Crippen molar-refractivity contribution in [3.8, 4) is 0 Å². The van der Waals surface area contributed by atoms with Crippen molar-refractivity contribution in [3.63, 3.8) is 0 Å². The van der Waals surface area contributed by atoms with Gasteiger partial charge in [0.2, 0.25) is 23.6 Å². The van der Waals surface area contributed by atoms with Gasteiger partial charge in [0.05, 0.1) is 6.04 Å². The lowest BCUT2D eigenvalue weighted by Crippen LogP contribution is -2.58. The Labute approximate surface area is 205 Å². The lowest BCUT2D eigenvalue weighted by Gasteiger charge is -2.27. The molecule has 4 atom stereocenters.